The highest BCUT2D eigenvalue weighted by atomic mass is 32.2. The maximum absolute atomic E-state index is 11.8. The van der Waals surface area contributed by atoms with Crippen LogP contribution in [0.3, 0.4) is 0 Å². The van der Waals surface area contributed by atoms with Gasteiger partial charge in [-0.15, -0.1) is 0 Å². The molecule has 116 valence electrons. The van der Waals surface area contributed by atoms with E-state index in [1.165, 1.54) is 0 Å². The highest BCUT2D eigenvalue weighted by molar-refractivity contribution is 8.19. The van der Waals surface area contributed by atoms with Gasteiger partial charge in [0.2, 0.25) is 15.3 Å². The van der Waals surface area contributed by atoms with Crippen molar-refractivity contribution >= 4 is 50.6 Å². The van der Waals surface area contributed by atoms with Gasteiger partial charge < -0.3 is 0 Å². The van der Waals surface area contributed by atoms with Crippen LogP contribution in [0.1, 0.15) is 20.8 Å². The zero-order valence-corrected chi connectivity index (χ0v) is 15.0. The van der Waals surface area contributed by atoms with Crippen molar-refractivity contribution in [3.8, 4) is 0 Å². The van der Waals surface area contributed by atoms with Crippen molar-refractivity contribution in [2.75, 3.05) is 11.5 Å². The van der Waals surface area contributed by atoms with Gasteiger partial charge in [-0.25, -0.2) is 0 Å². The molecule has 3 nitrogen and oxygen atoms in total. The van der Waals surface area contributed by atoms with Gasteiger partial charge in [-0.3, -0.25) is 14.4 Å². The van der Waals surface area contributed by atoms with E-state index >= 15 is 0 Å². The lowest BCUT2D eigenvalue weighted by molar-refractivity contribution is -0.108. The largest absolute Gasteiger partial charge is 0.282 e. The Kier molecular flexibility index (Phi) is 9.74. The van der Waals surface area contributed by atoms with Crippen molar-refractivity contribution in [2.24, 2.45) is 0 Å². The van der Waals surface area contributed by atoms with Crippen LogP contribution in [0.25, 0.3) is 0 Å². The molecular formula is C15H20O3S3. The van der Waals surface area contributed by atoms with E-state index in [0.29, 0.717) is 28.2 Å². The van der Waals surface area contributed by atoms with Gasteiger partial charge in [0.25, 0.3) is 0 Å². The summed E-state index contributed by atoms with van der Waals surface area (Å²) in [7, 11) is 0. The zero-order valence-electron chi connectivity index (χ0n) is 12.6. The molecule has 0 saturated heterocycles. The lowest BCUT2D eigenvalue weighted by Gasteiger charge is -2.14. The molecule has 0 amide bonds. The van der Waals surface area contributed by atoms with Gasteiger partial charge in [-0.05, 0) is 37.5 Å². The van der Waals surface area contributed by atoms with Gasteiger partial charge in [0.1, 0.15) is 0 Å². The molecule has 0 rings (SSSR count). The summed E-state index contributed by atoms with van der Waals surface area (Å²) >= 11 is 3.35. The second kappa shape index (κ2) is 10.1. The van der Waals surface area contributed by atoms with Crippen LogP contribution in [0.5, 0.6) is 0 Å². The van der Waals surface area contributed by atoms with Gasteiger partial charge in [-0.2, -0.15) is 0 Å². The van der Waals surface area contributed by atoms with Crippen LogP contribution in [0.15, 0.2) is 36.5 Å². The molecule has 6 heteroatoms. The summed E-state index contributed by atoms with van der Waals surface area (Å²) in [4.78, 5) is 34.9. The first kappa shape index (κ1) is 20.3. The van der Waals surface area contributed by atoms with E-state index in [-0.39, 0.29) is 20.6 Å². The summed E-state index contributed by atoms with van der Waals surface area (Å²) in [6, 6.07) is 0. The molecular weight excluding hydrogens is 324 g/mol. The third-order valence-electron chi connectivity index (χ3n) is 2.12. The standard InChI is InChI=1S/C15H20O3S3/c1-9(2)13(16)19-7-12(21-15(18)11(5)6)8-20-14(17)10(3)4/h12H,1,3,5,7-8H2,2,4,6H3. The quantitative estimate of drug-likeness (QED) is 0.623. The van der Waals surface area contributed by atoms with Crippen LogP contribution in [-0.4, -0.2) is 32.1 Å². The van der Waals surface area contributed by atoms with Crippen LogP contribution < -0.4 is 0 Å². The molecule has 0 aliphatic rings. The smallest absolute Gasteiger partial charge is 0.214 e. The highest BCUT2D eigenvalue weighted by Gasteiger charge is 2.19. The molecule has 0 spiro atoms. The first-order valence-corrected chi connectivity index (χ1v) is 9.02. The first-order valence-electron chi connectivity index (χ1n) is 6.16. The van der Waals surface area contributed by atoms with Crippen molar-refractivity contribution in [3.05, 3.63) is 36.5 Å². The fourth-order valence-electron chi connectivity index (χ4n) is 0.952. The minimum absolute atomic E-state index is 0.0976. The van der Waals surface area contributed by atoms with E-state index in [1.807, 2.05) is 0 Å². The summed E-state index contributed by atoms with van der Waals surface area (Å²) in [6.45, 7) is 15.7. The van der Waals surface area contributed by atoms with Crippen molar-refractivity contribution in [1.82, 2.24) is 0 Å². The monoisotopic (exact) mass is 344 g/mol. The SMILES string of the molecule is C=C(C)C(=O)SCC(CSC(=O)C(=C)C)SC(=O)C(=C)C. The van der Waals surface area contributed by atoms with Gasteiger partial charge in [0.05, 0.1) is 0 Å². The van der Waals surface area contributed by atoms with E-state index in [2.05, 4.69) is 19.7 Å². The normalized spacial score (nSPS) is 10.3. The Labute approximate surface area is 139 Å². The van der Waals surface area contributed by atoms with Crippen LogP contribution in [0.2, 0.25) is 0 Å². The van der Waals surface area contributed by atoms with Crippen LogP contribution in [0.4, 0.5) is 0 Å². The van der Waals surface area contributed by atoms with Gasteiger partial charge >= 0.3 is 0 Å². The van der Waals surface area contributed by atoms with Crippen molar-refractivity contribution < 1.29 is 14.4 Å². The summed E-state index contributed by atoms with van der Waals surface area (Å²) in [5.74, 6) is 0.900. The summed E-state index contributed by atoms with van der Waals surface area (Å²) in [5.41, 5.74) is 1.40. The number of thioether (sulfide) groups is 3. The maximum atomic E-state index is 11.8. The maximum Gasteiger partial charge on any atom is 0.214 e. The topological polar surface area (TPSA) is 51.2 Å². The molecule has 0 aromatic heterocycles. The molecule has 0 N–H and O–H groups in total. The molecule has 0 aliphatic carbocycles. The summed E-state index contributed by atoms with van der Waals surface area (Å²) in [6.07, 6.45) is 0. The molecule has 0 bridgehead atoms. The molecule has 0 heterocycles. The number of hydrogen-bond acceptors (Lipinski definition) is 6. The molecule has 21 heavy (non-hydrogen) atoms. The molecule has 0 aromatic carbocycles. The highest BCUT2D eigenvalue weighted by Crippen LogP contribution is 2.26. The summed E-state index contributed by atoms with van der Waals surface area (Å²) in [5, 5.41) is -0.457. The lowest BCUT2D eigenvalue weighted by atomic mass is 10.4. The predicted molar refractivity (Wildman–Crippen MR) is 95.8 cm³/mol. The number of rotatable bonds is 8. The minimum Gasteiger partial charge on any atom is -0.282 e. The van der Waals surface area contributed by atoms with Gasteiger partial charge in [-0.1, -0.05) is 55.0 Å². The number of hydrogen-bond donors (Lipinski definition) is 0. The predicted octanol–water partition coefficient (Wildman–Crippen LogP) is 3.86. The van der Waals surface area contributed by atoms with Crippen molar-refractivity contribution in [2.45, 2.75) is 26.0 Å². The van der Waals surface area contributed by atoms with E-state index in [4.69, 9.17) is 0 Å². The first-order chi connectivity index (χ1) is 9.65. The van der Waals surface area contributed by atoms with Gasteiger partial charge in [0.15, 0.2) is 0 Å². The van der Waals surface area contributed by atoms with Crippen molar-refractivity contribution in [1.29, 1.82) is 0 Å². The average molecular weight is 345 g/mol. The Hall–Kier alpha value is -0.720. The summed E-state index contributed by atoms with van der Waals surface area (Å²) < 4.78 is 0. The van der Waals surface area contributed by atoms with E-state index < -0.39 is 0 Å². The molecule has 0 atom stereocenters. The van der Waals surface area contributed by atoms with Crippen LogP contribution in [0, 0.1) is 0 Å². The molecule has 0 unspecified atom stereocenters. The van der Waals surface area contributed by atoms with Crippen LogP contribution >= 0.6 is 35.3 Å². The third kappa shape index (κ3) is 9.01. The molecule has 0 radical (unpaired) electrons. The van der Waals surface area contributed by atoms with Crippen molar-refractivity contribution in [3.63, 3.8) is 0 Å². The molecule has 0 aliphatic heterocycles. The average Bonchev–Trinajstić information content (AvgIpc) is 2.40. The lowest BCUT2D eigenvalue weighted by Crippen LogP contribution is -2.16. The molecule has 0 saturated carbocycles. The fraction of sp³-hybridized carbons (Fsp3) is 0.400. The molecule has 0 aromatic rings. The van der Waals surface area contributed by atoms with Crippen LogP contribution in [-0.2, 0) is 14.4 Å². The van der Waals surface area contributed by atoms with E-state index in [1.54, 1.807) is 20.8 Å². The third-order valence-corrected chi connectivity index (χ3v) is 6.13. The van der Waals surface area contributed by atoms with Gasteiger partial charge in [0, 0.05) is 16.8 Å². The second-order valence-electron chi connectivity index (χ2n) is 4.57. The Bertz CT molecular complexity index is 451. The second-order valence-corrected chi connectivity index (χ2v) is 7.82. The fourth-order valence-corrected chi connectivity index (χ4v) is 3.96. The van der Waals surface area contributed by atoms with E-state index in [0.717, 1.165) is 35.3 Å². The Morgan fingerprint density at radius 2 is 1.10 bits per heavy atom. The molecule has 0 fully saturated rings. The number of carbonyl (C=O) groups is 3. The zero-order chi connectivity index (χ0) is 16.6. The number of carbonyl (C=O) groups excluding carboxylic acids is 3. The minimum atomic E-state index is -0.143. The van der Waals surface area contributed by atoms with E-state index in [9.17, 15) is 14.4 Å². The Balaban J connectivity index is 4.61. The Morgan fingerprint density at radius 1 is 0.762 bits per heavy atom. The Morgan fingerprint density at radius 3 is 1.38 bits per heavy atom.